The van der Waals surface area contributed by atoms with Gasteiger partial charge in [-0.25, -0.2) is 13.4 Å². The van der Waals surface area contributed by atoms with Crippen LogP contribution in [0.2, 0.25) is 0 Å². The summed E-state index contributed by atoms with van der Waals surface area (Å²) in [6, 6.07) is 9.64. The van der Waals surface area contributed by atoms with Gasteiger partial charge in [0.1, 0.15) is 4.88 Å². The number of carbonyl (C=O) groups excluding carboxylic acids is 1. The number of hydrogen-bond donors (Lipinski definition) is 1. The highest BCUT2D eigenvalue weighted by Crippen LogP contribution is 2.24. The molecule has 0 atom stereocenters. The fourth-order valence-corrected chi connectivity index (χ4v) is 3.70. The molecule has 0 saturated heterocycles. The van der Waals surface area contributed by atoms with Crippen LogP contribution in [0.1, 0.15) is 20.9 Å². The van der Waals surface area contributed by atoms with Gasteiger partial charge in [0.25, 0.3) is 5.91 Å². The Morgan fingerprint density at radius 3 is 2.55 bits per heavy atom. The molecule has 6 nitrogen and oxygen atoms in total. The van der Waals surface area contributed by atoms with Crippen LogP contribution in [0.5, 0.6) is 0 Å². The second-order valence-corrected chi connectivity index (χ2v) is 7.70. The number of anilines is 1. The van der Waals surface area contributed by atoms with E-state index in [2.05, 4.69) is 9.71 Å². The topological polar surface area (TPSA) is 79.4 Å². The number of nitrogens with zero attached hydrogens (tertiary/aromatic N) is 2. The quantitative estimate of drug-likeness (QED) is 0.905. The van der Waals surface area contributed by atoms with Gasteiger partial charge in [0.15, 0.2) is 5.13 Å². The minimum absolute atomic E-state index is 0.180. The van der Waals surface area contributed by atoms with Crippen molar-refractivity contribution < 1.29 is 13.2 Å². The fourth-order valence-electron chi connectivity index (χ4n) is 1.90. The van der Waals surface area contributed by atoms with Crippen molar-refractivity contribution in [1.29, 1.82) is 0 Å². The Labute approximate surface area is 133 Å². The molecule has 2 rings (SSSR count). The summed E-state index contributed by atoms with van der Waals surface area (Å²) in [6.07, 6.45) is 1.05. The Morgan fingerprint density at radius 2 is 1.95 bits per heavy atom. The van der Waals surface area contributed by atoms with E-state index in [1.807, 2.05) is 30.3 Å². The highest BCUT2D eigenvalue weighted by atomic mass is 32.2. The van der Waals surface area contributed by atoms with Gasteiger partial charge in [0.05, 0.1) is 11.9 Å². The van der Waals surface area contributed by atoms with Crippen LogP contribution < -0.4 is 4.72 Å². The molecule has 0 unspecified atom stereocenters. The third-order valence-corrected chi connectivity index (χ3v) is 4.63. The number of nitrogens with one attached hydrogen (secondary N) is 1. The molecule has 0 fully saturated rings. The second-order valence-electron chi connectivity index (χ2n) is 4.95. The first kappa shape index (κ1) is 16.4. The van der Waals surface area contributed by atoms with E-state index in [0.29, 0.717) is 17.1 Å². The number of carbonyl (C=O) groups is 1. The summed E-state index contributed by atoms with van der Waals surface area (Å²) in [5.41, 5.74) is 1.54. The number of hydrogen-bond acceptors (Lipinski definition) is 5. The standard InChI is InChI=1S/C14H17N3O3S2/c1-10-12(21-14(15-10)16-22(3,19)20)13(18)17(2)9-11-7-5-4-6-8-11/h4-8H,9H2,1-3H3,(H,15,16). The van der Waals surface area contributed by atoms with Gasteiger partial charge in [-0.05, 0) is 12.5 Å². The molecule has 0 radical (unpaired) electrons. The molecule has 1 aromatic carbocycles. The summed E-state index contributed by atoms with van der Waals surface area (Å²) in [5.74, 6) is -0.180. The van der Waals surface area contributed by atoms with Crippen molar-refractivity contribution in [2.75, 3.05) is 18.0 Å². The lowest BCUT2D eigenvalue weighted by Crippen LogP contribution is -2.26. The van der Waals surface area contributed by atoms with E-state index < -0.39 is 10.0 Å². The van der Waals surface area contributed by atoms with Gasteiger partial charge in [-0.3, -0.25) is 9.52 Å². The molecule has 1 amide bonds. The van der Waals surface area contributed by atoms with Crippen LogP contribution in [-0.2, 0) is 16.6 Å². The van der Waals surface area contributed by atoms with Crippen LogP contribution >= 0.6 is 11.3 Å². The number of aryl methyl sites for hydroxylation is 1. The lowest BCUT2D eigenvalue weighted by molar-refractivity contribution is 0.0789. The van der Waals surface area contributed by atoms with E-state index in [1.54, 1.807) is 18.9 Å². The van der Waals surface area contributed by atoms with Crippen LogP contribution in [0, 0.1) is 6.92 Å². The average molecular weight is 339 g/mol. The summed E-state index contributed by atoms with van der Waals surface area (Å²) >= 11 is 1.04. The molecule has 0 bridgehead atoms. The Hall–Kier alpha value is -1.93. The van der Waals surface area contributed by atoms with Crippen molar-refractivity contribution >= 4 is 32.4 Å². The monoisotopic (exact) mass is 339 g/mol. The zero-order valence-electron chi connectivity index (χ0n) is 12.5. The molecule has 0 saturated carbocycles. The third-order valence-electron chi connectivity index (χ3n) is 2.87. The molecule has 1 N–H and O–H groups in total. The highest BCUT2D eigenvalue weighted by molar-refractivity contribution is 7.92. The summed E-state index contributed by atoms with van der Waals surface area (Å²) < 4.78 is 24.7. The summed E-state index contributed by atoms with van der Waals surface area (Å²) in [5, 5.41) is 0.205. The van der Waals surface area contributed by atoms with Crippen LogP contribution in [0.25, 0.3) is 0 Å². The molecule has 0 aliphatic carbocycles. The molecule has 0 spiro atoms. The zero-order valence-corrected chi connectivity index (χ0v) is 14.2. The van der Waals surface area contributed by atoms with E-state index in [4.69, 9.17) is 0 Å². The van der Waals surface area contributed by atoms with Gasteiger partial charge in [-0.1, -0.05) is 41.7 Å². The van der Waals surface area contributed by atoms with E-state index in [9.17, 15) is 13.2 Å². The van der Waals surface area contributed by atoms with E-state index in [-0.39, 0.29) is 11.0 Å². The van der Waals surface area contributed by atoms with Crippen LogP contribution in [0.4, 0.5) is 5.13 Å². The van der Waals surface area contributed by atoms with E-state index in [0.717, 1.165) is 23.2 Å². The van der Waals surface area contributed by atoms with Crippen molar-refractivity contribution in [3.05, 3.63) is 46.5 Å². The lowest BCUT2D eigenvalue weighted by atomic mass is 10.2. The smallest absolute Gasteiger partial charge is 0.265 e. The van der Waals surface area contributed by atoms with Gasteiger partial charge in [-0.2, -0.15) is 0 Å². The Morgan fingerprint density at radius 1 is 1.32 bits per heavy atom. The molecule has 8 heteroatoms. The van der Waals surface area contributed by atoms with Gasteiger partial charge in [0, 0.05) is 13.6 Å². The van der Waals surface area contributed by atoms with Crippen LogP contribution in [-0.4, -0.2) is 37.5 Å². The van der Waals surface area contributed by atoms with Gasteiger partial charge < -0.3 is 4.90 Å². The Kier molecular flexibility index (Phi) is 4.82. The van der Waals surface area contributed by atoms with Crippen molar-refractivity contribution in [3.8, 4) is 0 Å². The van der Waals surface area contributed by atoms with Gasteiger partial charge in [0.2, 0.25) is 10.0 Å². The maximum Gasteiger partial charge on any atom is 0.265 e. The molecule has 1 aromatic heterocycles. The molecular weight excluding hydrogens is 322 g/mol. The van der Waals surface area contributed by atoms with Crippen LogP contribution in [0.15, 0.2) is 30.3 Å². The Balaban J connectivity index is 2.15. The highest BCUT2D eigenvalue weighted by Gasteiger charge is 2.20. The normalized spacial score (nSPS) is 11.2. The van der Waals surface area contributed by atoms with Crippen molar-refractivity contribution in [1.82, 2.24) is 9.88 Å². The summed E-state index contributed by atoms with van der Waals surface area (Å²) in [6.45, 7) is 2.17. The maximum absolute atomic E-state index is 12.5. The van der Waals surface area contributed by atoms with Gasteiger partial charge in [-0.15, -0.1) is 0 Å². The number of rotatable bonds is 5. The first-order chi connectivity index (χ1) is 10.3. The Bertz CT molecular complexity index is 770. The number of thiazole rings is 1. The first-order valence-corrected chi connectivity index (χ1v) is 9.21. The van der Waals surface area contributed by atoms with Crippen molar-refractivity contribution in [2.45, 2.75) is 13.5 Å². The minimum atomic E-state index is -3.40. The SMILES string of the molecule is Cc1nc(NS(C)(=O)=O)sc1C(=O)N(C)Cc1ccccc1. The van der Waals surface area contributed by atoms with E-state index in [1.165, 1.54) is 0 Å². The molecule has 118 valence electrons. The average Bonchev–Trinajstić information content (AvgIpc) is 2.77. The second kappa shape index (κ2) is 6.45. The number of aromatic nitrogens is 1. The predicted molar refractivity (Wildman–Crippen MR) is 87.6 cm³/mol. The molecule has 0 aliphatic rings. The molecule has 22 heavy (non-hydrogen) atoms. The minimum Gasteiger partial charge on any atom is -0.337 e. The molecular formula is C14H17N3O3S2. The fraction of sp³-hybridized carbons (Fsp3) is 0.286. The first-order valence-electron chi connectivity index (χ1n) is 6.51. The summed E-state index contributed by atoms with van der Waals surface area (Å²) in [4.78, 5) is 18.6. The molecule has 2 aromatic rings. The zero-order chi connectivity index (χ0) is 16.3. The predicted octanol–water partition coefficient (Wildman–Crippen LogP) is 2.10. The number of sulfonamides is 1. The van der Waals surface area contributed by atoms with Crippen molar-refractivity contribution in [3.63, 3.8) is 0 Å². The molecule has 1 heterocycles. The largest absolute Gasteiger partial charge is 0.337 e. The van der Waals surface area contributed by atoms with Crippen LogP contribution in [0.3, 0.4) is 0 Å². The lowest BCUT2D eigenvalue weighted by Gasteiger charge is -2.16. The number of benzene rings is 1. The van der Waals surface area contributed by atoms with Gasteiger partial charge >= 0.3 is 0 Å². The van der Waals surface area contributed by atoms with Crippen molar-refractivity contribution in [2.24, 2.45) is 0 Å². The third kappa shape index (κ3) is 4.28. The molecule has 0 aliphatic heterocycles. The number of amides is 1. The summed E-state index contributed by atoms with van der Waals surface area (Å²) in [7, 11) is -1.70. The van der Waals surface area contributed by atoms with E-state index >= 15 is 0 Å². The maximum atomic E-state index is 12.5.